The number of hydrogen-bond donors (Lipinski definition) is 2. The summed E-state index contributed by atoms with van der Waals surface area (Å²) < 4.78 is 18.4. The summed E-state index contributed by atoms with van der Waals surface area (Å²) in [6.07, 6.45) is -0.0584. The molecular weight excluding hydrogens is 209 g/mol. The van der Waals surface area contributed by atoms with Crippen LogP contribution >= 0.6 is 0 Å². The van der Waals surface area contributed by atoms with Crippen molar-refractivity contribution in [3.05, 3.63) is 35.6 Å². The van der Waals surface area contributed by atoms with E-state index in [1.54, 1.807) is 12.1 Å². The molecule has 0 bridgehead atoms. The molecule has 3 nitrogen and oxygen atoms in total. The topological polar surface area (TPSA) is 55.5 Å². The molecule has 0 radical (unpaired) electrons. The molecule has 1 heterocycles. The highest BCUT2D eigenvalue weighted by Gasteiger charge is 2.41. The van der Waals surface area contributed by atoms with Gasteiger partial charge in [0, 0.05) is 18.6 Å². The molecule has 4 heteroatoms. The summed E-state index contributed by atoms with van der Waals surface area (Å²) >= 11 is 0. The summed E-state index contributed by atoms with van der Waals surface area (Å²) in [5.74, 6) is -0.345. The zero-order valence-corrected chi connectivity index (χ0v) is 9.03. The molecule has 0 aliphatic carbocycles. The normalized spacial score (nSPS) is 26.9. The second kappa shape index (κ2) is 4.49. The molecule has 1 aliphatic rings. The summed E-state index contributed by atoms with van der Waals surface area (Å²) in [6.45, 7) is 1.37. The molecule has 0 aromatic heterocycles. The first-order valence-corrected chi connectivity index (χ1v) is 5.39. The monoisotopic (exact) mass is 225 g/mol. The summed E-state index contributed by atoms with van der Waals surface area (Å²) in [5.41, 5.74) is 5.81. The summed E-state index contributed by atoms with van der Waals surface area (Å²) in [6, 6.07) is 6.01. The van der Waals surface area contributed by atoms with Crippen molar-refractivity contribution in [3.63, 3.8) is 0 Å². The Hall–Kier alpha value is -0.970. The van der Waals surface area contributed by atoms with Crippen molar-refractivity contribution in [2.24, 2.45) is 11.1 Å². The van der Waals surface area contributed by atoms with Crippen molar-refractivity contribution in [3.8, 4) is 0 Å². The Labute approximate surface area is 94.0 Å². The third-order valence-electron chi connectivity index (χ3n) is 3.28. The third-order valence-corrected chi connectivity index (χ3v) is 3.28. The lowest BCUT2D eigenvalue weighted by molar-refractivity contribution is 0.0189. The van der Waals surface area contributed by atoms with Crippen LogP contribution in [-0.2, 0) is 4.74 Å². The van der Waals surface area contributed by atoms with Gasteiger partial charge in [0.15, 0.2) is 0 Å². The Bertz CT molecular complexity index is 364. The van der Waals surface area contributed by atoms with E-state index in [4.69, 9.17) is 10.5 Å². The van der Waals surface area contributed by atoms with E-state index in [2.05, 4.69) is 0 Å². The third kappa shape index (κ3) is 1.96. The fraction of sp³-hybridized carbons (Fsp3) is 0.500. The standard InChI is InChI=1S/C12H16FNO2/c13-10-3-1-2-9(6-10)11(15)12(7-14)4-5-16-8-12/h1-3,6,11,15H,4-5,7-8,14H2. The first-order chi connectivity index (χ1) is 7.68. The molecule has 0 amide bonds. The quantitative estimate of drug-likeness (QED) is 0.813. The van der Waals surface area contributed by atoms with Crippen LogP contribution in [0.2, 0.25) is 0 Å². The zero-order chi connectivity index (χ0) is 11.6. The Morgan fingerprint density at radius 3 is 2.94 bits per heavy atom. The van der Waals surface area contributed by atoms with Gasteiger partial charge < -0.3 is 15.6 Å². The number of ether oxygens (including phenoxy) is 1. The Balaban J connectivity index is 2.26. The first-order valence-electron chi connectivity index (χ1n) is 5.39. The van der Waals surface area contributed by atoms with Crippen LogP contribution in [0.4, 0.5) is 4.39 Å². The lowest BCUT2D eigenvalue weighted by Crippen LogP contribution is -2.37. The maximum absolute atomic E-state index is 13.1. The van der Waals surface area contributed by atoms with E-state index < -0.39 is 11.5 Å². The van der Waals surface area contributed by atoms with E-state index in [0.29, 0.717) is 31.7 Å². The molecule has 1 saturated heterocycles. The lowest BCUT2D eigenvalue weighted by atomic mass is 9.78. The van der Waals surface area contributed by atoms with Gasteiger partial charge in [0.25, 0.3) is 0 Å². The van der Waals surface area contributed by atoms with E-state index in [0.717, 1.165) is 0 Å². The SMILES string of the molecule is NCC1(C(O)c2cccc(F)c2)CCOC1. The molecule has 0 saturated carbocycles. The van der Waals surface area contributed by atoms with E-state index in [1.807, 2.05) is 0 Å². The molecule has 2 unspecified atom stereocenters. The zero-order valence-electron chi connectivity index (χ0n) is 9.03. The van der Waals surface area contributed by atoms with Crippen LogP contribution in [0, 0.1) is 11.2 Å². The molecule has 1 aromatic carbocycles. The number of aliphatic hydroxyl groups is 1. The second-order valence-electron chi connectivity index (χ2n) is 4.33. The first kappa shape index (κ1) is 11.5. The fourth-order valence-electron chi connectivity index (χ4n) is 2.14. The highest BCUT2D eigenvalue weighted by atomic mass is 19.1. The van der Waals surface area contributed by atoms with Crippen LogP contribution in [0.15, 0.2) is 24.3 Å². The van der Waals surface area contributed by atoms with Crippen LogP contribution in [0.5, 0.6) is 0 Å². The van der Waals surface area contributed by atoms with Gasteiger partial charge in [-0.1, -0.05) is 12.1 Å². The summed E-state index contributed by atoms with van der Waals surface area (Å²) in [4.78, 5) is 0. The van der Waals surface area contributed by atoms with Gasteiger partial charge >= 0.3 is 0 Å². The predicted molar refractivity (Wildman–Crippen MR) is 58.3 cm³/mol. The number of nitrogens with two attached hydrogens (primary N) is 1. The van der Waals surface area contributed by atoms with Crippen LogP contribution in [0.1, 0.15) is 18.1 Å². The largest absolute Gasteiger partial charge is 0.388 e. The molecule has 0 spiro atoms. The van der Waals surface area contributed by atoms with E-state index in [9.17, 15) is 9.50 Å². The van der Waals surface area contributed by atoms with Crippen LogP contribution in [0.25, 0.3) is 0 Å². The van der Waals surface area contributed by atoms with E-state index in [-0.39, 0.29) is 5.82 Å². The van der Waals surface area contributed by atoms with Crippen LogP contribution in [0.3, 0.4) is 0 Å². The minimum absolute atomic E-state index is 0.338. The highest BCUT2D eigenvalue weighted by Crippen LogP contribution is 2.40. The van der Waals surface area contributed by atoms with Crippen molar-refractivity contribution in [1.29, 1.82) is 0 Å². The molecule has 1 aromatic rings. The molecular formula is C12H16FNO2. The van der Waals surface area contributed by atoms with Crippen molar-refractivity contribution in [1.82, 2.24) is 0 Å². The van der Waals surface area contributed by atoms with Gasteiger partial charge in [0.2, 0.25) is 0 Å². The Morgan fingerprint density at radius 2 is 2.38 bits per heavy atom. The van der Waals surface area contributed by atoms with Gasteiger partial charge in [-0.25, -0.2) is 4.39 Å². The lowest BCUT2D eigenvalue weighted by Gasteiger charge is -2.31. The average molecular weight is 225 g/mol. The average Bonchev–Trinajstić information content (AvgIpc) is 2.78. The van der Waals surface area contributed by atoms with Gasteiger partial charge in [-0.05, 0) is 24.1 Å². The molecule has 2 atom stereocenters. The molecule has 1 aliphatic heterocycles. The van der Waals surface area contributed by atoms with Gasteiger partial charge in [0.1, 0.15) is 5.82 Å². The predicted octanol–water partition coefficient (Wildman–Crippen LogP) is 1.22. The molecule has 2 rings (SSSR count). The smallest absolute Gasteiger partial charge is 0.123 e. The second-order valence-corrected chi connectivity index (χ2v) is 4.33. The van der Waals surface area contributed by atoms with Gasteiger partial charge in [-0.15, -0.1) is 0 Å². The Kier molecular flexibility index (Phi) is 3.23. The number of aliphatic hydroxyl groups excluding tert-OH is 1. The summed E-state index contributed by atoms with van der Waals surface area (Å²) in [7, 11) is 0. The molecule has 16 heavy (non-hydrogen) atoms. The van der Waals surface area contributed by atoms with E-state index in [1.165, 1.54) is 12.1 Å². The number of benzene rings is 1. The van der Waals surface area contributed by atoms with Crippen molar-refractivity contribution in [2.45, 2.75) is 12.5 Å². The van der Waals surface area contributed by atoms with Gasteiger partial charge in [0.05, 0.1) is 12.7 Å². The maximum Gasteiger partial charge on any atom is 0.123 e. The van der Waals surface area contributed by atoms with E-state index >= 15 is 0 Å². The molecule has 3 N–H and O–H groups in total. The fourth-order valence-corrected chi connectivity index (χ4v) is 2.14. The van der Waals surface area contributed by atoms with Crippen molar-refractivity contribution >= 4 is 0 Å². The van der Waals surface area contributed by atoms with Gasteiger partial charge in [-0.3, -0.25) is 0 Å². The number of rotatable bonds is 3. The van der Waals surface area contributed by atoms with Crippen molar-refractivity contribution in [2.75, 3.05) is 19.8 Å². The van der Waals surface area contributed by atoms with Gasteiger partial charge in [-0.2, -0.15) is 0 Å². The number of halogens is 1. The van der Waals surface area contributed by atoms with Crippen molar-refractivity contribution < 1.29 is 14.2 Å². The highest BCUT2D eigenvalue weighted by molar-refractivity contribution is 5.21. The molecule has 88 valence electrons. The summed E-state index contributed by atoms with van der Waals surface area (Å²) in [5, 5.41) is 10.3. The van der Waals surface area contributed by atoms with Crippen LogP contribution < -0.4 is 5.73 Å². The minimum Gasteiger partial charge on any atom is -0.388 e. The van der Waals surface area contributed by atoms with Crippen LogP contribution in [-0.4, -0.2) is 24.9 Å². The maximum atomic E-state index is 13.1. The number of hydrogen-bond acceptors (Lipinski definition) is 3. The minimum atomic E-state index is -0.768. The molecule has 1 fully saturated rings. The Morgan fingerprint density at radius 1 is 1.56 bits per heavy atom.